The number of fused-ring (bicyclic) bond motifs is 1. The van der Waals surface area contributed by atoms with Crippen molar-refractivity contribution >= 4 is 39.2 Å². The van der Waals surface area contributed by atoms with Gasteiger partial charge in [0, 0.05) is 12.3 Å². The Hall–Kier alpha value is -2.25. The minimum Gasteiger partial charge on any atom is -0.497 e. The second kappa shape index (κ2) is 8.63. The summed E-state index contributed by atoms with van der Waals surface area (Å²) in [5.74, 6) is 1.68. The fourth-order valence-electron chi connectivity index (χ4n) is 2.79. The van der Waals surface area contributed by atoms with Crippen LogP contribution in [0.5, 0.6) is 11.5 Å². The summed E-state index contributed by atoms with van der Waals surface area (Å²) in [5, 5.41) is 0. The first kappa shape index (κ1) is 19.5. The van der Waals surface area contributed by atoms with Gasteiger partial charge >= 0.3 is 0 Å². The number of carbonyl (C=O) groups excluding carboxylic acids is 1. The Balaban J connectivity index is 2.13. The summed E-state index contributed by atoms with van der Waals surface area (Å²) in [7, 11) is 3.11. The lowest BCUT2D eigenvalue weighted by Gasteiger charge is -2.07. The molecule has 0 saturated heterocycles. The summed E-state index contributed by atoms with van der Waals surface area (Å²) in [6.07, 6.45) is 2.07. The van der Waals surface area contributed by atoms with Crippen molar-refractivity contribution in [1.29, 1.82) is 0 Å². The van der Waals surface area contributed by atoms with E-state index in [0.29, 0.717) is 21.9 Å². The van der Waals surface area contributed by atoms with Crippen LogP contribution < -0.4 is 14.3 Å². The topological polar surface area (TPSA) is 52.8 Å². The number of methoxy groups -OCH3 is 2. The molecule has 3 aromatic rings. The lowest BCUT2D eigenvalue weighted by molar-refractivity contribution is 0.0994. The van der Waals surface area contributed by atoms with Crippen molar-refractivity contribution in [3.8, 4) is 11.5 Å². The highest BCUT2D eigenvalue weighted by Gasteiger charge is 2.14. The van der Waals surface area contributed by atoms with Crippen LogP contribution in [0.4, 0.5) is 0 Å². The molecule has 0 aliphatic carbocycles. The van der Waals surface area contributed by atoms with Crippen molar-refractivity contribution in [1.82, 2.24) is 4.57 Å². The summed E-state index contributed by atoms with van der Waals surface area (Å²) in [6.45, 7) is 2.86. The van der Waals surface area contributed by atoms with Crippen molar-refractivity contribution < 1.29 is 14.3 Å². The standard InChI is InChI=1S/C20H22N2O3S2/c1-13-5-7-16-18(11-13)27-20(22(16)9-10-26-4)21-19(23)15-12-14(24-2)6-8-17(15)25-3/h5-8,11-12H,9-10H2,1-4H3. The number of rotatable bonds is 6. The maximum Gasteiger partial charge on any atom is 0.283 e. The first-order valence-corrected chi connectivity index (χ1v) is 10.7. The van der Waals surface area contributed by atoms with Crippen molar-refractivity contribution in [3.05, 3.63) is 52.3 Å². The zero-order valence-electron chi connectivity index (χ0n) is 15.8. The predicted molar refractivity (Wildman–Crippen MR) is 112 cm³/mol. The quantitative estimate of drug-likeness (QED) is 0.622. The molecule has 142 valence electrons. The number of aromatic nitrogens is 1. The van der Waals surface area contributed by atoms with Gasteiger partial charge in [0.05, 0.1) is 30.0 Å². The fourth-order valence-corrected chi connectivity index (χ4v) is 4.31. The number of benzene rings is 2. The fraction of sp³-hybridized carbons (Fsp3) is 0.300. The van der Waals surface area contributed by atoms with Gasteiger partial charge in [-0.1, -0.05) is 17.4 Å². The van der Waals surface area contributed by atoms with Gasteiger partial charge in [0.25, 0.3) is 5.91 Å². The van der Waals surface area contributed by atoms with Gasteiger partial charge < -0.3 is 14.0 Å². The maximum absolute atomic E-state index is 12.9. The zero-order chi connectivity index (χ0) is 19.4. The van der Waals surface area contributed by atoms with Gasteiger partial charge in [-0.3, -0.25) is 4.79 Å². The number of carbonyl (C=O) groups is 1. The molecule has 7 heteroatoms. The predicted octanol–water partition coefficient (Wildman–Crippen LogP) is 4.13. The molecule has 3 rings (SSSR count). The summed E-state index contributed by atoms with van der Waals surface area (Å²) < 4.78 is 13.8. The molecule has 0 unspecified atom stereocenters. The average molecular weight is 403 g/mol. The van der Waals surface area contributed by atoms with E-state index in [-0.39, 0.29) is 5.91 Å². The smallest absolute Gasteiger partial charge is 0.283 e. The van der Waals surface area contributed by atoms with E-state index in [4.69, 9.17) is 9.47 Å². The van der Waals surface area contributed by atoms with Gasteiger partial charge in [0.2, 0.25) is 0 Å². The molecule has 1 amide bonds. The summed E-state index contributed by atoms with van der Waals surface area (Å²) in [5.41, 5.74) is 2.68. The van der Waals surface area contributed by atoms with E-state index in [1.165, 1.54) is 16.9 Å². The molecule has 0 radical (unpaired) electrons. The van der Waals surface area contributed by atoms with Crippen LogP contribution >= 0.6 is 23.1 Å². The van der Waals surface area contributed by atoms with Gasteiger partial charge in [0.1, 0.15) is 11.5 Å². The Morgan fingerprint density at radius 1 is 1.19 bits per heavy atom. The van der Waals surface area contributed by atoms with Gasteiger partial charge in [-0.2, -0.15) is 16.8 Å². The summed E-state index contributed by atoms with van der Waals surface area (Å²) in [4.78, 5) is 18.0. The highest BCUT2D eigenvalue weighted by molar-refractivity contribution is 7.98. The minimum absolute atomic E-state index is 0.341. The largest absolute Gasteiger partial charge is 0.497 e. The van der Waals surface area contributed by atoms with E-state index in [1.54, 1.807) is 44.2 Å². The van der Waals surface area contributed by atoms with Crippen molar-refractivity contribution in [2.75, 3.05) is 26.2 Å². The zero-order valence-corrected chi connectivity index (χ0v) is 17.4. The third kappa shape index (κ3) is 4.20. The van der Waals surface area contributed by atoms with Crippen molar-refractivity contribution in [3.63, 3.8) is 0 Å². The Kier molecular flexibility index (Phi) is 6.23. The van der Waals surface area contributed by atoms with Crippen LogP contribution in [0.1, 0.15) is 15.9 Å². The van der Waals surface area contributed by atoms with Gasteiger partial charge in [-0.05, 0) is 49.1 Å². The molecule has 0 N–H and O–H groups in total. The van der Waals surface area contributed by atoms with E-state index in [1.807, 2.05) is 0 Å². The number of nitrogens with zero attached hydrogens (tertiary/aromatic N) is 2. The first-order chi connectivity index (χ1) is 13.1. The number of hydrogen-bond donors (Lipinski definition) is 0. The molecule has 0 atom stereocenters. The molecule has 1 heterocycles. The highest BCUT2D eigenvalue weighted by Crippen LogP contribution is 2.25. The van der Waals surface area contributed by atoms with Crippen LogP contribution in [-0.2, 0) is 6.54 Å². The molecule has 27 heavy (non-hydrogen) atoms. The summed E-state index contributed by atoms with van der Waals surface area (Å²) in [6, 6.07) is 11.5. The monoisotopic (exact) mass is 402 g/mol. The summed E-state index contributed by atoms with van der Waals surface area (Å²) >= 11 is 3.30. The number of thiazole rings is 1. The van der Waals surface area contributed by atoms with E-state index in [9.17, 15) is 4.79 Å². The average Bonchev–Trinajstić information content (AvgIpc) is 3.01. The molecular weight excluding hydrogens is 380 g/mol. The van der Waals surface area contributed by atoms with Crippen LogP contribution in [0.3, 0.4) is 0 Å². The molecule has 5 nitrogen and oxygen atoms in total. The number of thioether (sulfide) groups is 1. The van der Waals surface area contributed by atoms with Gasteiger partial charge in [-0.25, -0.2) is 0 Å². The second-order valence-electron chi connectivity index (χ2n) is 5.98. The normalized spacial score (nSPS) is 11.8. The second-order valence-corrected chi connectivity index (χ2v) is 7.98. The molecule has 0 spiro atoms. The Bertz CT molecular complexity index is 1040. The van der Waals surface area contributed by atoms with E-state index in [0.717, 1.165) is 22.5 Å². The van der Waals surface area contributed by atoms with E-state index >= 15 is 0 Å². The SMILES string of the molecule is COc1ccc(OC)c(C(=O)N=c2sc3cc(C)ccc3n2CCSC)c1. The molecular formula is C20H22N2O3S2. The lowest BCUT2D eigenvalue weighted by Crippen LogP contribution is -2.18. The Morgan fingerprint density at radius 3 is 2.70 bits per heavy atom. The highest BCUT2D eigenvalue weighted by atomic mass is 32.2. The molecule has 0 aliphatic heterocycles. The van der Waals surface area contributed by atoms with E-state index < -0.39 is 0 Å². The minimum atomic E-state index is -0.341. The van der Waals surface area contributed by atoms with Crippen LogP contribution in [-0.4, -0.2) is 36.7 Å². The van der Waals surface area contributed by atoms with Crippen molar-refractivity contribution in [2.24, 2.45) is 4.99 Å². The number of aryl methyl sites for hydroxylation is 2. The van der Waals surface area contributed by atoms with Gasteiger partial charge in [0.15, 0.2) is 4.80 Å². The van der Waals surface area contributed by atoms with Crippen LogP contribution in [0, 0.1) is 6.92 Å². The molecule has 2 aromatic carbocycles. The van der Waals surface area contributed by atoms with E-state index in [2.05, 4.69) is 40.9 Å². The van der Waals surface area contributed by atoms with Crippen LogP contribution in [0.25, 0.3) is 10.2 Å². The number of hydrogen-bond acceptors (Lipinski definition) is 5. The molecule has 0 saturated carbocycles. The first-order valence-electron chi connectivity index (χ1n) is 8.47. The lowest BCUT2D eigenvalue weighted by atomic mass is 10.2. The molecule has 0 bridgehead atoms. The molecule has 0 aliphatic rings. The molecule has 0 fully saturated rings. The van der Waals surface area contributed by atoms with Crippen LogP contribution in [0.2, 0.25) is 0 Å². The van der Waals surface area contributed by atoms with Crippen LogP contribution in [0.15, 0.2) is 41.4 Å². The molecule has 1 aromatic heterocycles. The number of amides is 1. The Morgan fingerprint density at radius 2 is 2.00 bits per heavy atom. The number of ether oxygens (including phenoxy) is 2. The maximum atomic E-state index is 12.9. The van der Waals surface area contributed by atoms with Crippen molar-refractivity contribution in [2.45, 2.75) is 13.5 Å². The third-order valence-corrected chi connectivity index (χ3v) is 5.82. The Labute approximate surface area is 166 Å². The van der Waals surface area contributed by atoms with Gasteiger partial charge in [-0.15, -0.1) is 0 Å². The third-order valence-electron chi connectivity index (χ3n) is 4.19.